The van der Waals surface area contributed by atoms with Gasteiger partial charge in [0.1, 0.15) is 11.4 Å². The van der Waals surface area contributed by atoms with Crippen molar-refractivity contribution in [2.45, 2.75) is 18.9 Å². The molecule has 3 heterocycles. The lowest BCUT2D eigenvalue weighted by Gasteiger charge is -2.31. The minimum atomic E-state index is -0.645. The third-order valence-electron chi connectivity index (χ3n) is 6.63. The summed E-state index contributed by atoms with van der Waals surface area (Å²) in [5.74, 6) is 0.0382. The summed E-state index contributed by atoms with van der Waals surface area (Å²) in [6, 6.07) is 15.4. The van der Waals surface area contributed by atoms with Crippen LogP contribution in [0.4, 0.5) is 17.5 Å². The highest BCUT2D eigenvalue weighted by atomic mass is 16.5. The van der Waals surface area contributed by atoms with Crippen LogP contribution in [0.15, 0.2) is 54.7 Å². The van der Waals surface area contributed by atoms with Crippen molar-refractivity contribution in [1.29, 1.82) is 0 Å². The Balaban J connectivity index is 1.53. The molecule has 5 N–H and O–H groups in total. The Morgan fingerprint density at radius 3 is 2.54 bits per heavy atom. The van der Waals surface area contributed by atoms with E-state index in [2.05, 4.69) is 15.3 Å². The van der Waals surface area contributed by atoms with Crippen LogP contribution in [0.2, 0.25) is 0 Å². The molecule has 10 heteroatoms. The quantitative estimate of drug-likeness (QED) is 0.468. The maximum atomic E-state index is 13.4. The van der Waals surface area contributed by atoms with Crippen molar-refractivity contribution in [2.24, 2.45) is 11.5 Å². The van der Waals surface area contributed by atoms with Gasteiger partial charge >= 0.3 is 0 Å². The van der Waals surface area contributed by atoms with Crippen molar-refractivity contribution in [3.05, 3.63) is 65.9 Å². The van der Waals surface area contributed by atoms with Crippen molar-refractivity contribution >= 4 is 29.3 Å². The van der Waals surface area contributed by atoms with E-state index < -0.39 is 5.91 Å². The highest BCUT2D eigenvalue weighted by Gasteiger charge is 2.23. The molecule has 0 spiro atoms. The van der Waals surface area contributed by atoms with Crippen molar-refractivity contribution in [3.63, 3.8) is 0 Å². The largest absolute Gasteiger partial charge is 0.378 e. The first-order chi connectivity index (χ1) is 18.0. The molecule has 3 aromatic rings. The number of primary amides is 1. The minimum Gasteiger partial charge on any atom is -0.378 e. The zero-order valence-corrected chi connectivity index (χ0v) is 20.6. The summed E-state index contributed by atoms with van der Waals surface area (Å²) in [4.78, 5) is 38.4. The molecule has 0 bridgehead atoms. The number of nitrogens with one attached hydrogen (secondary N) is 1. The summed E-state index contributed by atoms with van der Waals surface area (Å²) < 4.78 is 5.41. The standard InChI is InChI=1S/C27H31N7O3/c28-21-7-4-8-34(17-21)27-30-16-23(24(29)35)25(32-27)31-22-14-19(18-5-2-1-3-6-18)13-20(15-22)26(36)33-9-11-37-12-10-33/h1-3,5-6,13-16,21H,4,7-12,17,28H2,(H2,29,35)(H,30,31,32)/t21-/m0/s1. The molecular weight excluding hydrogens is 470 g/mol. The average molecular weight is 502 g/mol. The van der Waals surface area contributed by atoms with Gasteiger partial charge < -0.3 is 31.3 Å². The number of rotatable bonds is 6. The van der Waals surface area contributed by atoms with E-state index in [-0.39, 0.29) is 23.3 Å². The summed E-state index contributed by atoms with van der Waals surface area (Å²) in [6.07, 6.45) is 3.33. The van der Waals surface area contributed by atoms with Crippen LogP contribution in [0.3, 0.4) is 0 Å². The van der Waals surface area contributed by atoms with Crippen molar-refractivity contribution in [3.8, 4) is 11.1 Å². The van der Waals surface area contributed by atoms with Crippen LogP contribution in [-0.4, -0.2) is 72.1 Å². The van der Waals surface area contributed by atoms with Gasteiger partial charge in [-0.1, -0.05) is 30.3 Å². The molecule has 1 atom stereocenters. The molecule has 37 heavy (non-hydrogen) atoms. The van der Waals surface area contributed by atoms with Crippen LogP contribution in [0.5, 0.6) is 0 Å². The predicted molar refractivity (Wildman–Crippen MR) is 142 cm³/mol. The van der Waals surface area contributed by atoms with Crippen LogP contribution in [0.1, 0.15) is 33.6 Å². The van der Waals surface area contributed by atoms with Gasteiger partial charge in [0.25, 0.3) is 11.8 Å². The summed E-state index contributed by atoms with van der Waals surface area (Å²) >= 11 is 0. The molecule has 2 aromatic carbocycles. The number of carbonyl (C=O) groups is 2. The van der Waals surface area contributed by atoms with Gasteiger partial charge in [0.15, 0.2) is 0 Å². The number of aromatic nitrogens is 2. The molecule has 2 aliphatic rings. The molecule has 5 rings (SSSR count). The number of benzene rings is 2. The number of nitrogens with zero attached hydrogens (tertiary/aromatic N) is 4. The van der Waals surface area contributed by atoms with E-state index in [0.717, 1.165) is 30.5 Å². The number of nitrogens with two attached hydrogens (primary N) is 2. The number of morpholine rings is 1. The lowest BCUT2D eigenvalue weighted by molar-refractivity contribution is 0.0303. The lowest BCUT2D eigenvalue weighted by Crippen LogP contribution is -2.43. The van der Waals surface area contributed by atoms with Crippen LogP contribution in [0, 0.1) is 0 Å². The van der Waals surface area contributed by atoms with Gasteiger partial charge in [-0.15, -0.1) is 0 Å². The maximum absolute atomic E-state index is 13.4. The molecule has 0 aliphatic carbocycles. The summed E-state index contributed by atoms with van der Waals surface area (Å²) in [5, 5.41) is 3.25. The van der Waals surface area contributed by atoms with Crippen molar-refractivity contribution < 1.29 is 14.3 Å². The van der Waals surface area contributed by atoms with Gasteiger partial charge in [0.2, 0.25) is 5.95 Å². The zero-order valence-electron chi connectivity index (χ0n) is 20.6. The first-order valence-electron chi connectivity index (χ1n) is 12.5. The SMILES string of the molecule is NC(=O)c1cnc(N2CCC[C@H](N)C2)nc1Nc1cc(C(=O)N2CCOCC2)cc(-c2ccccc2)c1. The normalized spacial score (nSPS) is 17.9. The number of piperidine rings is 1. The number of ether oxygens (including phenoxy) is 1. The highest BCUT2D eigenvalue weighted by Crippen LogP contribution is 2.29. The molecule has 2 aliphatic heterocycles. The Morgan fingerprint density at radius 2 is 1.81 bits per heavy atom. The Morgan fingerprint density at radius 1 is 1.03 bits per heavy atom. The molecule has 10 nitrogen and oxygen atoms in total. The molecule has 0 saturated carbocycles. The monoisotopic (exact) mass is 501 g/mol. The highest BCUT2D eigenvalue weighted by molar-refractivity contribution is 5.99. The van der Waals surface area contributed by atoms with Crippen LogP contribution in [-0.2, 0) is 4.74 Å². The van der Waals surface area contributed by atoms with E-state index in [4.69, 9.17) is 16.2 Å². The van der Waals surface area contributed by atoms with Gasteiger partial charge in [-0.2, -0.15) is 4.98 Å². The van der Waals surface area contributed by atoms with Gasteiger partial charge in [-0.25, -0.2) is 4.98 Å². The number of amides is 2. The fourth-order valence-electron chi connectivity index (χ4n) is 4.70. The second kappa shape index (κ2) is 10.9. The van der Waals surface area contributed by atoms with Gasteiger partial charge in [-0.05, 0) is 42.2 Å². The summed E-state index contributed by atoms with van der Waals surface area (Å²) in [6.45, 7) is 3.52. The fraction of sp³-hybridized carbons (Fsp3) is 0.333. The Hall–Kier alpha value is -4.02. The van der Waals surface area contributed by atoms with Crippen molar-refractivity contribution in [2.75, 3.05) is 49.6 Å². The maximum Gasteiger partial charge on any atom is 0.254 e. The molecule has 0 radical (unpaired) electrons. The van der Waals surface area contributed by atoms with Crippen molar-refractivity contribution in [1.82, 2.24) is 14.9 Å². The van der Waals surface area contributed by atoms with E-state index in [1.54, 1.807) is 11.0 Å². The van der Waals surface area contributed by atoms with E-state index >= 15 is 0 Å². The molecule has 0 unspecified atom stereocenters. The Labute approximate surface area is 215 Å². The Kier molecular flexibility index (Phi) is 7.29. The van der Waals surface area contributed by atoms with E-state index in [1.807, 2.05) is 47.4 Å². The van der Waals surface area contributed by atoms with Crippen LogP contribution >= 0.6 is 0 Å². The molecule has 1 aromatic heterocycles. The minimum absolute atomic E-state index is 0.0425. The van der Waals surface area contributed by atoms with Gasteiger partial charge in [0.05, 0.1) is 13.2 Å². The summed E-state index contributed by atoms with van der Waals surface area (Å²) in [5.41, 5.74) is 14.9. The third-order valence-corrected chi connectivity index (χ3v) is 6.63. The second-order valence-corrected chi connectivity index (χ2v) is 9.34. The zero-order chi connectivity index (χ0) is 25.8. The smallest absolute Gasteiger partial charge is 0.254 e. The van der Waals surface area contributed by atoms with Crippen LogP contribution < -0.4 is 21.7 Å². The van der Waals surface area contributed by atoms with Gasteiger partial charge in [-0.3, -0.25) is 9.59 Å². The topological polar surface area (TPSA) is 140 Å². The first-order valence-corrected chi connectivity index (χ1v) is 12.5. The van der Waals surface area contributed by atoms with Crippen LogP contribution in [0.25, 0.3) is 11.1 Å². The van der Waals surface area contributed by atoms with E-state index in [9.17, 15) is 9.59 Å². The van der Waals surface area contributed by atoms with E-state index in [0.29, 0.717) is 50.0 Å². The number of hydrogen-bond acceptors (Lipinski definition) is 8. The molecule has 192 valence electrons. The molecular formula is C27H31N7O3. The fourth-order valence-corrected chi connectivity index (χ4v) is 4.70. The molecule has 2 fully saturated rings. The van der Waals surface area contributed by atoms with Gasteiger partial charge in [0, 0.05) is 49.7 Å². The predicted octanol–water partition coefficient (Wildman–Crippen LogP) is 2.39. The Bertz CT molecular complexity index is 1280. The summed E-state index contributed by atoms with van der Waals surface area (Å²) in [7, 11) is 0. The number of anilines is 3. The molecule has 2 amide bonds. The second-order valence-electron chi connectivity index (χ2n) is 9.34. The average Bonchev–Trinajstić information content (AvgIpc) is 2.93. The molecule has 2 saturated heterocycles. The lowest BCUT2D eigenvalue weighted by atomic mass is 10.0. The third kappa shape index (κ3) is 5.71. The van der Waals surface area contributed by atoms with E-state index in [1.165, 1.54) is 6.20 Å². The number of hydrogen-bond donors (Lipinski definition) is 3. The first kappa shape index (κ1) is 24.7. The number of carbonyl (C=O) groups excluding carboxylic acids is 2.